The molecule has 2 aliphatic rings. The van der Waals surface area contributed by atoms with Crippen LogP contribution in [0.15, 0.2) is 18.2 Å². The number of nitrogens with one attached hydrogen (secondary N) is 1. The molecule has 1 aromatic carbocycles. The molecule has 2 heterocycles. The smallest absolute Gasteiger partial charge is 0.160 e. The zero-order chi connectivity index (χ0) is 14.0. The van der Waals surface area contributed by atoms with Crippen molar-refractivity contribution in [2.75, 3.05) is 33.3 Å². The topological polar surface area (TPSA) is 44.7 Å². The Morgan fingerprint density at radius 2 is 2.05 bits per heavy atom. The second-order valence-electron chi connectivity index (χ2n) is 6.22. The van der Waals surface area contributed by atoms with Crippen molar-refractivity contribution in [2.24, 2.45) is 5.41 Å². The van der Waals surface area contributed by atoms with Crippen LogP contribution in [0.2, 0.25) is 0 Å². The minimum Gasteiger partial charge on any atom is -0.504 e. The zero-order valence-electron chi connectivity index (χ0n) is 12.6. The Bertz CT molecular complexity index is 475. The molecule has 0 radical (unpaired) electrons. The average Bonchev–Trinajstić information content (AvgIpc) is 2.82. The van der Waals surface area contributed by atoms with E-state index in [1.54, 1.807) is 7.11 Å². The van der Waals surface area contributed by atoms with Gasteiger partial charge in [0.2, 0.25) is 0 Å². The van der Waals surface area contributed by atoms with Crippen LogP contribution in [-0.2, 0) is 6.54 Å². The van der Waals surface area contributed by atoms with E-state index in [0.717, 1.165) is 25.2 Å². The Kier molecular flexibility index (Phi) is 5.36. The van der Waals surface area contributed by atoms with Gasteiger partial charge in [0.05, 0.1) is 7.11 Å². The summed E-state index contributed by atoms with van der Waals surface area (Å²) in [5.41, 5.74) is 1.70. The highest BCUT2D eigenvalue weighted by Crippen LogP contribution is 2.39. The molecule has 1 spiro atoms. The zero-order valence-corrected chi connectivity index (χ0v) is 13.4. The first kappa shape index (κ1) is 16.4. The third-order valence-corrected chi connectivity index (χ3v) is 4.83. The van der Waals surface area contributed by atoms with Crippen molar-refractivity contribution in [1.82, 2.24) is 10.2 Å². The fraction of sp³-hybridized carbons (Fsp3) is 0.625. The molecule has 2 fully saturated rings. The number of halogens is 1. The molecule has 21 heavy (non-hydrogen) atoms. The van der Waals surface area contributed by atoms with Crippen LogP contribution in [-0.4, -0.2) is 43.3 Å². The molecule has 0 aromatic heterocycles. The van der Waals surface area contributed by atoms with Crippen molar-refractivity contribution in [3.63, 3.8) is 0 Å². The van der Waals surface area contributed by atoms with Crippen molar-refractivity contribution in [3.8, 4) is 11.5 Å². The molecule has 5 heteroatoms. The predicted molar refractivity (Wildman–Crippen MR) is 86.3 cm³/mol. The standard InChI is InChI=1S/C16H24N2O2.ClH/c1-20-15-3-2-13(10-14(15)19)11-18-9-6-16(12-18)4-7-17-8-5-16;/h2-3,10,17,19H,4-9,11-12H2,1H3;1H. The molecule has 2 saturated heterocycles. The van der Waals surface area contributed by atoms with Crippen LogP contribution in [0.5, 0.6) is 11.5 Å². The van der Waals surface area contributed by atoms with Crippen LogP contribution < -0.4 is 10.1 Å². The van der Waals surface area contributed by atoms with E-state index < -0.39 is 0 Å². The molecule has 0 saturated carbocycles. The summed E-state index contributed by atoms with van der Waals surface area (Å²) in [6.07, 6.45) is 3.92. The Balaban J connectivity index is 0.00000161. The molecule has 4 nitrogen and oxygen atoms in total. The highest BCUT2D eigenvalue weighted by atomic mass is 35.5. The summed E-state index contributed by atoms with van der Waals surface area (Å²) in [5.74, 6) is 0.783. The van der Waals surface area contributed by atoms with Gasteiger partial charge in [-0.2, -0.15) is 0 Å². The van der Waals surface area contributed by atoms with Crippen molar-refractivity contribution >= 4 is 12.4 Å². The van der Waals surface area contributed by atoms with Gasteiger partial charge >= 0.3 is 0 Å². The Labute approximate surface area is 132 Å². The number of likely N-dealkylation sites (tertiary alicyclic amines) is 1. The van der Waals surface area contributed by atoms with E-state index in [9.17, 15) is 5.11 Å². The van der Waals surface area contributed by atoms with Gasteiger partial charge in [0, 0.05) is 13.1 Å². The van der Waals surface area contributed by atoms with Crippen molar-refractivity contribution < 1.29 is 9.84 Å². The monoisotopic (exact) mass is 312 g/mol. The van der Waals surface area contributed by atoms with Crippen LogP contribution in [0.25, 0.3) is 0 Å². The van der Waals surface area contributed by atoms with E-state index in [1.807, 2.05) is 18.2 Å². The van der Waals surface area contributed by atoms with Gasteiger partial charge in [-0.1, -0.05) is 6.07 Å². The maximum absolute atomic E-state index is 9.86. The first-order valence-corrected chi connectivity index (χ1v) is 7.50. The Morgan fingerprint density at radius 3 is 2.71 bits per heavy atom. The normalized spacial score (nSPS) is 21.2. The third-order valence-electron chi connectivity index (χ3n) is 4.83. The second-order valence-corrected chi connectivity index (χ2v) is 6.22. The van der Waals surface area contributed by atoms with E-state index in [-0.39, 0.29) is 18.2 Å². The average molecular weight is 313 g/mol. The molecule has 0 aliphatic carbocycles. The molecule has 0 amide bonds. The van der Waals surface area contributed by atoms with Gasteiger partial charge in [0.25, 0.3) is 0 Å². The fourth-order valence-electron chi connectivity index (χ4n) is 3.62. The molecule has 2 N–H and O–H groups in total. The van der Waals surface area contributed by atoms with Gasteiger partial charge in [-0.3, -0.25) is 4.90 Å². The summed E-state index contributed by atoms with van der Waals surface area (Å²) >= 11 is 0. The first-order valence-electron chi connectivity index (χ1n) is 7.50. The molecule has 0 bridgehead atoms. The molecule has 0 atom stereocenters. The number of aromatic hydroxyl groups is 1. The SMILES string of the molecule is COc1ccc(CN2CCC3(CCNCC3)C2)cc1O.Cl. The number of phenols is 1. The lowest BCUT2D eigenvalue weighted by Crippen LogP contribution is -2.38. The fourth-order valence-corrected chi connectivity index (χ4v) is 3.62. The number of phenolic OH excluding ortho intramolecular Hbond substituents is 1. The van der Waals surface area contributed by atoms with Gasteiger partial charge < -0.3 is 15.2 Å². The van der Waals surface area contributed by atoms with E-state index in [1.165, 1.54) is 32.4 Å². The maximum atomic E-state index is 9.86. The van der Waals surface area contributed by atoms with Crippen molar-refractivity contribution in [2.45, 2.75) is 25.8 Å². The Hall–Kier alpha value is -0.970. The van der Waals surface area contributed by atoms with Crippen LogP contribution in [0.3, 0.4) is 0 Å². The summed E-state index contributed by atoms with van der Waals surface area (Å²) in [6, 6.07) is 5.72. The third kappa shape index (κ3) is 3.62. The number of hydrogen-bond acceptors (Lipinski definition) is 4. The maximum Gasteiger partial charge on any atom is 0.160 e. The highest BCUT2D eigenvalue weighted by Gasteiger charge is 2.38. The molecule has 3 rings (SSSR count). The summed E-state index contributed by atoms with van der Waals surface area (Å²) in [6.45, 7) is 5.62. The second kappa shape index (κ2) is 6.86. The number of benzene rings is 1. The number of rotatable bonds is 3. The lowest BCUT2D eigenvalue weighted by atomic mass is 9.78. The van der Waals surface area contributed by atoms with Crippen LogP contribution >= 0.6 is 12.4 Å². The van der Waals surface area contributed by atoms with Crippen molar-refractivity contribution in [1.29, 1.82) is 0 Å². The van der Waals surface area contributed by atoms with Crippen LogP contribution in [0.1, 0.15) is 24.8 Å². The van der Waals surface area contributed by atoms with E-state index >= 15 is 0 Å². The quantitative estimate of drug-likeness (QED) is 0.899. The van der Waals surface area contributed by atoms with Crippen molar-refractivity contribution in [3.05, 3.63) is 23.8 Å². The number of ether oxygens (including phenoxy) is 1. The number of piperidine rings is 1. The van der Waals surface area contributed by atoms with E-state index in [4.69, 9.17) is 4.74 Å². The molecular weight excluding hydrogens is 288 g/mol. The largest absolute Gasteiger partial charge is 0.504 e. The molecule has 2 aliphatic heterocycles. The molecular formula is C16H25ClN2O2. The number of methoxy groups -OCH3 is 1. The van der Waals surface area contributed by atoms with Crippen LogP contribution in [0, 0.1) is 5.41 Å². The minimum atomic E-state index is 0. The number of nitrogens with zero attached hydrogens (tertiary/aromatic N) is 1. The molecule has 1 aromatic rings. The summed E-state index contributed by atoms with van der Waals surface area (Å²) in [4.78, 5) is 2.52. The summed E-state index contributed by atoms with van der Waals surface area (Å²) in [5, 5.41) is 13.3. The van der Waals surface area contributed by atoms with Gasteiger partial charge in [0.1, 0.15) is 0 Å². The van der Waals surface area contributed by atoms with Gasteiger partial charge in [-0.15, -0.1) is 12.4 Å². The first-order chi connectivity index (χ1) is 9.71. The van der Waals surface area contributed by atoms with Gasteiger partial charge in [-0.05, 0) is 62.0 Å². The summed E-state index contributed by atoms with van der Waals surface area (Å²) in [7, 11) is 1.58. The highest BCUT2D eigenvalue weighted by molar-refractivity contribution is 5.85. The van der Waals surface area contributed by atoms with Gasteiger partial charge in [-0.25, -0.2) is 0 Å². The van der Waals surface area contributed by atoms with Crippen LogP contribution in [0.4, 0.5) is 0 Å². The number of hydrogen-bond donors (Lipinski definition) is 2. The summed E-state index contributed by atoms with van der Waals surface area (Å²) < 4.78 is 5.09. The predicted octanol–water partition coefficient (Wildman–Crippen LogP) is 2.40. The molecule has 0 unspecified atom stereocenters. The minimum absolute atomic E-state index is 0. The van der Waals surface area contributed by atoms with E-state index in [2.05, 4.69) is 10.2 Å². The Morgan fingerprint density at radius 1 is 1.29 bits per heavy atom. The van der Waals surface area contributed by atoms with E-state index in [0.29, 0.717) is 11.2 Å². The lowest BCUT2D eigenvalue weighted by molar-refractivity contribution is 0.194. The lowest BCUT2D eigenvalue weighted by Gasteiger charge is -2.33. The molecule has 118 valence electrons. The van der Waals surface area contributed by atoms with Gasteiger partial charge in [0.15, 0.2) is 11.5 Å².